The lowest BCUT2D eigenvalue weighted by Gasteiger charge is -2.36. The van der Waals surface area contributed by atoms with Gasteiger partial charge in [-0.1, -0.05) is 5.16 Å². The minimum atomic E-state index is -3.62. The second-order valence-electron chi connectivity index (χ2n) is 6.65. The van der Waals surface area contributed by atoms with Crippen molar-refractivity contribution >= 4 is 21.7 Å². The highest BCUT2D eigenvalue weighted by atomic mass is 32.2. The largest absolute Gasteiger partial charge is 0.361 e. The van der Waals surface area contributed by atoms with Crippen molar-refractivity contribution in [3.05, 3.63) is 29.3 Å². The number of anilines is 1. The van der Waals surface area contributed by atoms with Gasteiger partial charge in [-0.15, -0.1) is 0 Å². The van der Waals surface area contributed by atoms with Crippen molar-refractivity contribution < 1.29 is 17.7 Å². The van der Waals surface area contributed by atoms with E-state index in [1.807, 2.05) is 13.0 Å². The maximum atomic E-state index is 13.1. The van der Waals surface area contributed by atoms with Crippen molar-refractivity contribution in [3.8, 4) is 0 Å². The number of nitrogens with zero attached hydrogens (tertiary/aromatic N) is 5. The molecule has 2 aromatic heterocycles. The number of rotatable bonds is 5. The molecule has 1 fully saturated rings. The van der Waals surface area contributed by atoms with Crippen LogP contribution in [0.2, 0.25) is 0 Å². The third-order valence-corrected chi connectivity index (χ3v) is 5.67. The highest BCUT2D eigenvalue weighted by Gasteiger charge is 2.39. The van der Waals surface area contributed by atoms with Crippen LogP contribution in [0.5, 0.6) is 0 Å². The first kappa shape index (κ1) is 18.6. The molecule has 1 atom stereocenters. The third-order valence-electron chi connectivity index (χ3n) is 4.43. The number of hydrogen-bond acceptors (Lipinski definition) is 6. The smallest absolute Gasteiger partial charge is 0.246 e. The maximum absolute atomic E-state index is 13.1. The Morgan fingerprint density at radius 1 is 1.35 bits per heavy atom. The summed E-state index contributed by atoms with van der Waals surface area (Å²) in [6.45, 7) is 4.13. The summed E-state index contributed by atoms with van der Waals surface area (Å²) in [7, 11) is -1.85. The molecule has 0 N–H and O–H groups in total. The SMILES string of the molecule is Cc1cc(N2CCC[C@@H](N(Cc3cc(C)on3)S(C)(=O)=O)C2=O)n(C)n1. The molecule has 0 bridgehead atoms. The van der Waals surface area contributed by atoms with Gasteiger partial charge in [0.15, 0.2) is 0 Å². The number of aromatic nitrogens is 3. The van der Waals surface area contributed by atoms with Gasteiger partial charge in [0, 0.05) is 25.7 Å². The van der Waals surface area contributed by atoms with E-state index < -0.39 is 16.1 Å². The first-order valence-corrected chi connectivity index (χ1v) is 10.2. The maximum Gasteiger partial charge on any atom is 0.246 e. The zero-order chi connectivity index (χ0) is 19.1. The molecule has 0 saturated carbocycles. The Morgan fingerprint density at radius 2 is 2.08 bits per heavy atom. The molecule has 3 heterocycles. The van der Waals surface area contributed by atoms with Crippen molar-refractivity contribution in [3.63, 3.8) is 0 Å². The highest BCUT2D eigenvalue weighted by Crippen LogP contribution is 2.26. The molecule has 0 aliphatic carbocycles. The standard InChI is InChI=1S/C16H23N5O4S/c1-11-8-15(19(3)17-11)20-7-5-6-14(16(20)22)21(26(4,23)24)10-13-9-12(2)25-18-13/h8-9,14H,5-7,10H2,1-4H3/t14-/m1/s1. The topological polar surface area (TPSA) is 102 Å². The molecule has 26 heavy (non-hydrogen) atoms. The molecule has 9 nitrogen and oxygen atoms in total. The Morgan fingerprint density at radius 3 is 2.62 bits per heavy atom. The van der Waals surface area contributed by atoms with Gasteiger partial charge in [-0.3, -0.25) is 14.4 Å². The van der Waals surface area contributed by atoms with Gasteiger partial charge >= 0.3 is 0 Å². The Balaban J connectivity index is 1.91. The number of amides is 1. The normalized spacial score (nSPS) is 18.7. The average Bonchev–Trinajstić information content (AvgIpc) is 3.09. The van der Waals surface area contributed by atoms with E-state index >= 15 is 0 Å². The molecule has 1 saturated heterocycles. The van der Waals surface area contributed by atoms with Crippen LogP contribution in [-0.4, -0.2) is 52.4 Å². The van der Waals surface area contributed by atoms with Crippen LogP contribution in [0, 0.1) is 13.8 Å². The van der Waals surface area contributed by atoms with Crippen molar-refractivity contribution in [1.82, 2.24) is 19.2 Å². The van der Waals surface area contributed by atoms with Gasteiger partial charge in [-0.2, -0.15) is 9.40 Å². The van der Waals surface area contributed by atoms with Crippen molar-refractivity contribution in [1.29, 1.82) is 0 Å². The molecule has 1 aliphatic rings. The number of piperidine rings is 1. The number of aryl methyl sites for hydroxylation is 3. The van der Waals surface area contributed by atoms with E-state index in [1.54, 1.807) is 29.6 Å². The summed E-state index contributed by atoms with van der Waals surface area (Å²) in [4.78, 5) is 14.7. The minimum absolute atomic E-state index is 0.00480. The summed E-state index contributed by atoms with van der Waals surface area (Å²) in [5.74, 6) is 1.02. The van der Waals surface area contributed by atoms with Gasteiger partial charge < -0.3 is 4.52 Å². The summed E-state index contributed by atoms with van der Waals surface area (Å²) in [5.41, 5.74) is 1.28. The Kier molecular flexibility index (Phi) is 4.89. The molecule has 142 valence electrons. The minimum Gasteiger partial charge on any atom is -0.361 e. The molecular weight excluding hydrogens is 358 g/mol. The van der Waals surface area contributed by atoms with E-state index in [1.165, 1.54) is 4.31 Å². The number of sulfonamides is 1. The molecule has 0 spiro atoms. The summed E-state index contributed by atoms with van der Waals surface area (Å²) < 4.78 is 32.6. The summed E-state index contributed by atoms with van der Waals surface area (Å²) in [5, 5.41) is 8.14. The monoisotopic (exact) mass is 381 g/mol. The van der Waals surface area contributed by atoms with Crippen LogP contribution in [0.15, 0.2) is 16.7 Å². The Labute approximate surface area is 152 Å². The van der Waals surface area contributed by atoms with Crippen molar-refractivity contribution in [2.24, 2.45) is 7.05 Å². The molecule has 1 aliphatic heterocycles. The zero-order valence-corrected chi connectivity index (χ0v) is 16.2. The zero-order valence-electron chi connectivity index (χ0n) is 15.3. The molecule has 1 amide bonds. The van der Waals surface area contributed by atoms with Crippen LogP contribution < -0.4 is 4.90 Å². The molecule has 0 radical (unpaired) electrons. The molecule has 10 heteroatoms. The van der Waals surface area contributed by atoms with Gasteiger partial charge in [0.25, 0.3) is 0 Å². The van der Waals surface area contributed by atoms with Crippen molar-refractivity contribution in [2.45, 2.75) is 39.3 Å². The first-order chi connectivity index (χ1) is 12.2. The molecule has 0 aromatic carbocycles. The van der Waals surface area contributed by atoms with Gasteiger partial charge in [0.05, 0.1) is 24.2 Å². The van der Waals surface area contributed by atoms with Gasteiger partial charge in [-0.05, 0) is 26.7 Å². The number of carbonyl (C=O) groups excluding carboxylic acids is 1. The van der Waals surface area contributed by atoms with E-state index in [-0.39, 0.29) is 12.5 Å². The second-order valence-corrected chi connectivity index (χ2v) is 8.59. The summed E-state index contributed by atoms with van der Waals surface area (Å²) in [6.07, 6.45) is 2.28. The van der Waals surface area contributed by atoms with Gasteiger partial charge in [0.2, 0.25) is 15.9 Å². The predicted molar refractivity (Wildman–Crippen MR) is 94.9 cm³/mol. The first-order valence-electron chi connectivity index (χ1n) is 8.38. The lowest BCUT2D eigenvalue weighted by Crippen LogP contribution is -2.54. The fourth-order valence-corrected chi connectivity index (χ4v) is 4.34. The van der Waals surface area contributed by atoms with E-state index in [9.17, 15) is 13.2 Å². The lowest BCUT2D eigenvalue weighted by atomic mass is 10.0. The van der Waals surface area contributed by atoms with Crippen LogP contribution in [0.25, 0.3) is 0 Å². The van der Waals surface area contributed by atoms with E-state index in [2.05, 4.69) is 10.3 Å². The van der Waals surface area contributed by atoms with Crippen LogP contribution in [0.4, 0.5) is 5.82 Å². The molecule has 2 aromatic rings. The van der Waals surface area contributed by atoms with Crippen LogP contribution in [-0.2, 0) is 28.4 Å². The Bertz CT molecular complexity index is 917. The fraction of sp³-hybridized carbons (Fsp3) is 0.562. The number of hydrogen-bond donors (Lipinski definition) is 0. The van der Waals surface area contributed by atoms with E-state index in [4.69, 9.17) is 4.52 Å². The molecular formula is C16H23N5O4S. The fourth-order valence-electron chi connectivity index (χ4n) is 3.31. The quantitative estimate of drug-likeness (QED) is 0.765. The summed E-state index contributed by atoms with van der Waals surface area (Å²) in [6, 6.07) is 2.73. The van der Waals surface area contributed by atoms with Crippen LogP contribution >= 0.6 is 0 Å². The van der Waals surface area contributed by atoms with Gasteiger partial charge in [0.1, 0.15) is 17.6 Å². The van der Waals surface area contributed by atoms with Crippen molar-refractivity contribution in [2.75, 3.05) is 17.7 Å². The third kappa shape index (κ3) is 3.65. The van der Waals surface area contributed by atoms with E-state index in [0.717, 1.165) is 11.9 Å². The Hall–Kier alpha value is -2.20. The molecule has 0 unspecified atom stereocenters. The average molecular weight is 381 g/mol. The molecule has 3 rings (SSSR count). The second kappa shape index (κ2) is 6.84. The van der Waals surface area contributed by atoms with Crippen LogP contribution in [0.1, 0.15) is 30.0 Å². The van der Waals surface area contributed by atoms with Crippen LogP contribution in [0.3, 0.4) is 0 Å². The van der Waals surface area contributed by atoms with Gasteiger partial charge in [-0.25, -0.2) is 8.42 Å². The van der Waals surface area contributed by atoms with E-state index in [0.29, 0.717) is 36.7 Å². The highest BCUT2D eigenvalue weighted by molar-refractivity contribution is 7.88. The lowest BCUT2D eigenvalue weighted by molar-refractivity contribution is -0.123. The predicted octanol–water partition coefficient (Wildman–Crippen LogP) is 0.982. The number of carbonyl (C=O) groups is 1. The summed E-state index contributed by atoms with van der Waals surface area (Å²) >= 11 is 0.